The quantitative estimate of drug-likeness (QED) is 0.872. The van der Waals surface area contributed by atoms with Crippen molar-refractivity contribution in [3.8, 4) is 16.9 Å². The zero-order valence-electron chi connectivity index (χ0n) is 8.14. The molecular formula is C11H8FNO2S. The topological polar surface area (TPSA) is 52.3 Å². The van der Waals surface area contributed by atoms with Gasteiger partial charge in [-0.2, -0.15) is 11.3 Å². The molecule has 2 rings (SSSR count). The lowest BCUT2D eigenvalue weighted by atomic mass is 10.1. The number of benzene rings is 1. The van der Waals surface area contributed by atoms with Crippen LogP contribution < -0.4 is 10.5 Å². The third kappa shape index (κ3) is 2.04. The van der Waals surface area contributed by atoms with Gasteiger partial charge in [0.2, 0.25) is 0 Å². The molecule has 16 heavy (non-hydrogen) atoms. The number of carbonyl (C=O) groups excluding carboxylic acids is 1. The molecule has 0 saturated carbocycles. The van der Waals surface area contributed by atoms with Gasteiger partial charge in [0.15, 0.2) is 0 Å². The molecule has 0 aliphatic heterocycles. The maximum absolute atomic E-state index is 13.6. The second-order valence-electron chi connectivity index (χ2n) is 3.05. The van der Waals surface area contributed by atoms with E-state index in [1.165, 1.54) is 29.5 Å². The lowest BCUT2D eigenvalue weighted by Gasteiger charge is -2.07. The average Bonchev–Trinajstić information content (AvgIpc) is 2.69. The van der Waals surface area contributed by atoms with Crippen LogP contribution in [0.1, 0.15) is 0 Å². The number of ether oxygens (including phenoxy) is 1. The van der Waals surface area contributed by atoms with Gasteiger partial charge in [0, 0.05) is 0 Å². The minimum absolute atomic E-state index is 0.130. The van der Waals surface area contributed by atoms with E-state index in [2.05, 4.69) is 0 Å². The number of carbonyl (C=O) groups is 1. The summed E-state index contributed by atoms with van der Waals surface area (Å²) in [6.07, 6.45) is -0.956. The summed E-state index contributed by atoms with van der Waals surface area (Å²) in [6.45, 7) is 0. The highest BCUT2D eigenvalue weighted by atomic mass is 32.1. The van der Waals surface area contributed by atoms with Crippen LogP contribution in [0.2, 0.25) is 0 Å². The molecular weight excluding hydrogens is 229 g/mol. The van der Waals surface area contributed by atoms with Crippen molar-refractivity contribution in [2.75, 3.05) is 0 Å². The smallest absolute Gasteiger partial charge is 0.409 e. The van der Waals surface area contributed by atoms with Crippen molar-refractivity contribution >= 4 is 17.4 Å². The van der Waals surface area contributed by atoms with Crippen LogP contribution in [-0.2, 0) is 0 Å². The predicted molar refractivity (Wildman–Crippen MR) is 59.9 cm³/mol. The van der Waals surface area contributed by atoms with E-state index in [0.29, 0.717) is 5.56 Å². The fourth-order valence-corrected chi connectivity index (χ4v) is 2.03. The van der Waals surface area contributed by atoms with Crippen LogP contribution in [0.3, 0.4) is 0 Å². The molecule has 0 aliphatic carbocycles. The Bertz CT molecular complexity index is 511. The first-order valence-corrected chi connectivity index (χ1v) is 5.41. The summed E-state index contributed by atoms with van der Waals surface area (Å²) in [7, 11) is 0. The third-order valence-corrected chi connectivity index (χ3v) is 2.68. The highest BCUT2D eigenvalue weighted by molar-refractivity contribution is 7.08. The van der Waals surface area contributed by atoms with Gasteiger partial charge in [-0.15, -0.1) is 0 Å². The standard InChI is InChI=1S/C11H8FNO2S/c12-8-2-1-3-9(15-11(13)14)10(8)7-4-5-16-6-7/h1-6H,(H2,13,14). The largest absolute Gasteiger partial charge is 0.410 e. The first kappa shape index (κ1) is 10.6. The Kier molecular flexibility index (Phi) is 2.87. The second-order valence-corrected chi connectivity index (χ2v) is 3.83. The van der Waals surface area contributed by atoms with Gasteiger partial charge in [-0.05, 0) is 34.5 Å². The van der Waals surface area contributed by atoms with Gasteiger partial charge in [0.25, 0.3) is 0 Å². The fourth-order valence-electron chi connectivity index (χ4n) is 1.38. The minimum Gasteiger partial charge on any atom is -0.410 e. The van der Waals surface area contributed by atoms with Gasteiger partial charge >= 0.3 is 6.09 Å². The number of halogens is 1. The molecule has 0 saturated heterocycles. The normalized spacial score (nSPS) is 10.1. The first-order chi connectivity index (χ1) is 7.68. The Morgan fingerprint density at radius 2 is 2.19 bits per heavy atom. The summed E-state index contributed by atoms with van der Waals surface area (Å²) >= 11 is 1.43. The monoisotopic (exact) mass is 237 g/mol. The van der Waals surface area contributed by atoms with E-state index >= 15 is 0 Å². The van der Waals surface area contributed by atoms with E-state index in [1.807, 2.05) is 5.38 Å². The molecule has 3 nitrogen and oxygen atoms in total. The van der Waals surface area contributed by atoms with Gasteiger partial charge in [-0.1, -0.05) is 6.07 Å². The van der Waals surface area contributed by atoms with Crippen molar-refractivity contribution in [3.05, 3.63) is 40.8 Å². The summed E-state index contributed by atoms with van der Waals surface area (Å²) in [5.41, 5.74) is 5.83. The number of primary amides is 1. The Morgan fingerprint density at radius 3 is 2.81 bits per heavy atom. The SMILES string of the molecule is NC(=O)Oc1cccc(F)c1-c1ccsc1. The minimum atomic E-state index is -0.956. The van der Waals surface area contributed by atoms with Crippen molar-refractivity contribution in [2.24, 2.45) is 5.73 Å². The van der Waals surface area contributed by atoms with E-state index in [1.54, 1.807) is 11.4 Å². The molecule has 0 aliphatic rings. The predicted octanol–water partition coefficient (Wildman–Crippen LogP) is 3.01. The van der Waals surface area contributed by atoms with Crippen LogP contribution >= 0.6 is 11.3 Å². The molecule has 0 unspecified atom stereocenters. The van der Waals surface area contributed by atoms with E-state index < -0.39 is 11.9 Å². The maximum Gasteiger partial charge on any atom is 0.409 e. The van der Waals surface area contributed by atoms with Crippen molar-refractivity contribution in [1.29, 1.82) is 0 Å². The van der Waals surface area contributed by atoms with Crippen molar-refractivity contribution in [2.45, 2.75) is 0 Å². The number of nitrogens with two attached hydrogens (primary N) is 1. The molecule has 0 bridgehead atoms. The Morgan fingerprint density at radius 1 is 1.38 bits per heavy atom. The van der Waals surface area contributed by atoms with Gasteiger partial charge < -0.3 is 10.5 Å². The van der Waals surface area contributed by atoms with E-state index in [9.17, 15) is 9.18 Å². The molecule has 1 amide bonds. The molecule has 2 N–H and O–H groups in total. The molecule has 1 heterocycles. The summed E-state index contributed by atoms with van der Waals surface area (Å²) in [6, 6.07) is 6.02. The molecule has 1 aromatic carbocycles. The molecule has 0 radical (unpaired) electrons. The zero-order chi connectivity index (χ0) is 11.5. The number of hydrogen-bond acceptors (Lipinski definition) is 3. The van der Waals surface area contributed by atoms with Crippen molar-refractivity contribution in [3.63, 3.8) is 0 Å². The molecule has 82 valence electrons. The first-order valence-electron chi connectivity index (χ1n) is 4.47. The Labute approximate surface area is 95.3 Å². The lowest BCUT2D eigenvalue weighted by Crippen LogP contribution is -2.16. The van der Waals surface area contributed by atoms with E-state index in [0.717, 1.165) is 0 Å². The van der Waals surface area contributed by atoms with Crippen molar-refractivity contribution < 1.29 is 13.9 Å². The van der Waals surface area contributed by atoms with E-state index in [4.69, 9.17) is 10.5 Å². The third-order valence-electron chi connectivity index (χ3n) is 2.00. The number of amides is 1. The molecule has 0 fully saturated rings. The number of thiophene rings is 1. The Balaban J connectivity index is 2.53. The summed E-state index contributed by atoms with van der Waals surface area (Å²) < 4.78 is 18.4. The lowest BCUT2D eigenvalue weighted by molar-refractivity contribution is 0.211. The molecule has 0 atom stereocenters. The van der Waals surface area contributed by atoms with Crippen LogP contribution in [-0.4, -0.2) is 6.09 Å². The van der Waals surface area contributed by atoms with Crippen LogP contribution in [0.4, 0.5) is 9.18 Å². The van der Waals surface area contributed by atoms with Gasteiger partial charge in [0.1, 0.15) is 11.6 Å². The molecule has 1 aromatic heterocycles. The van der Waals surface area contributed by atoms with Crippen molar-refractivity contribution in [1.82, 2.24) is 0 Å². The maximum atomic E-state index is 13.6. The summed E-state index contributed by atoms with van der Waals surface area (Å²) in [5.74, 6) is -0.317. The second kappa shape index (κ2) is 4.32. The Hall–Kier alpha value is -1.88. The number of hydrogen-bond donors (Lipinski definition) is 1. The number of rotatable bonds is 2. The zero-order valence-corrected chi connectivity index (χ0v) is 8.96. The summed E-state index contributed by atoms with van der Waals surface area (Å²) in [4.78, 5) is 10.7. The van der Waals surface area contributed by atoms with Gasteiger partial charge in [-0.3, -0.25) is 0 Å². The summed E-state index contributed by atoms with van der Waals surface area (Å²) in [5, 5.41) is 3.59. The van der Waals surface area contributed by atoms with Gasteiger partial charge in [0.05, 0.1) is 5.56 Å². The highest BCUT2D eigenvalue weighted by Crippen LogP contribution is 2.33. The molecule has 2 aromatic rings. The van der Waals surface area contributed by atoms with Gasteiger partial charge in [-0.25, -0.2) is 9.18 Å². The molecule has 5 heteroatoms. The molecule has 0 spiro atoms. The fraction of sp³-hybridized carbons (Fsp3) is 0. The van der Waals surface area contributed by atoms with E-state index in [-0.39, 0.29) is 11.3 Å². The van der Waals surface area contributed by atoms with Crippen LogP contribution in [0.15, 0.2) is 35.0 Å². The van der Waals surface area contributed by atoms with Crippen LogP contribution in [0.25, 0.3) is 11.1 Å². The van der Waals surface area contributed by atoms with Crippen LogP contribution in [0.5, 0.6) is 5.75 Å². The van der Waals surface area contributed by atoms with Crippen LogP contribution in [0, 0.1) is 5.82 Å². The highest BCUT2D eigenvalue weighted by Gasteiger charge is 2.13. The average molecular weight is 237 g/mol.